The largest absolute Gasteiger partial charge is 0.468 e. The van der Waals surface area contributed by atoms with Crippen molar-refractivity contribution in [2.45, 2.75) is 17.6 Å². The lowest BCUT2D eigenvalue weighted by molar-refractivity contribution is -0.387. The Balaban J connectivity index is 2.27. The van der Waals surface area contributed by atoms with Gasteiger partial charge in [0.15, 0.2) is 0 Å². The number of hydrogen-bond acceptors (Lipinski definition) is 7. The molecule has 1 aromatic carbocycles. The highest BCUT2D eigenvalue weighted by Gasteiger charge is 2.17. The highest BCUT2D eigenvalue weighted by molar-refractivity contribution is 7.98. The van der Waals surface area contributed by atoms with Crippen molar-refractivity contribution in [3.8, 4) is 6.07 Å². The van der Waals surface area contributed by atoms with Crippen molar-refractivity contribution >= 4 is 29.5 Å². The predicted molar refractivity (Wildman–Crippen MR) is 91.6 cm³/mol. The Labute approximate surface area is 148 Å². The molecule has 0 atom stereocenters. The van der Waals surface area contributed by atoms with E-state index < -0.39 is 10.9 Å². The molecule has 0 saturated heterocycles. The van der Waals surface area contributed by atoms with Gasteiger partial charge in [-0.15, -0.1) is 11.8 Å². The fourth-order valence-electron chi connectivity index (χ4n) is 1.94. The minimum atomic E-state index is -0.760. The number of rotatable bonds is 7. The zero-order chi connectivity index (χ0) is 18.2. The molecule has 1 aromatic heterocycles. The van der Waals surface area contributed by atoms with Gasteiger partial charge in [-0.05, 0) is 36.8 Å². The zero-order valence-electron chi connectivity index (χ0n) is 13.3. The summed E-state index contributed by atoms with van der Waals surface area (Å²) in [5.74, 6) is 0.399. The van der Waals surface area contributed by atoms with E-state index in [0.29, 0.717) is 22.0 Å². The molecule has 8 heteroatoms. The monoisotopic (exact) mass is 358 g/mol. The smallest absolute Gasteiger partial charge is 0.348 e. The molecular formula is C17H14N2O5S. The Morgan fingerprint density at radius 3 is 2.88 bits per heavy atom. The van der Waals surface area contributed by atoms with Gasteiger partial charge in [-0.3, -0.25) is 10.1 Å². The second-order valence-electron chi connectivity index (χ2n) is 4.74. The molecule has 0 aliphatic carbocycles. The first-order chi connectivity index (χ1) is 12.0. The van der Waals surface area contributed by atoms with Gasteiger partial charge in [-0.25, -0.2) is 4.79 Å². The third-order valence-corrected chi connectivity index (χ3v) is 4.14. The van der Waals surface area contributed by atoms with E-state index in [1.54, 1.807) is 37.3 Å². The van der Waals surface area contributed by atoms with Crippen LogP contribution in [0.15, 0.2) is 51.5 Å². The molecule has 1 heterocycles. The number of thioether (sulfide) groups is 1. The quantitative estimate of drug-likeness (QED) is 0.184. The minimum Gasteiger partial charge on any atom is -0.468 e. The maximum atomic E-state index is 11.6. The van der Waals surface area contributed by atoms with Gasteiger partial charge in [-0.1, -0.05) is 6.07 Å². The number of furan rings is 1. The zero-order valence-corrected chi connectivity index (χ0v) is 14.1. The summed E-state index contributed by atoms with van der Waals surface area (Å²) in [6.45, 7) is 1.77. The highest BCUT2D eigenvalue weighted by Crippen LogP contribution is 2.33. The van der Waals surface area contributed by atoms with E-state index in [1.807, 2.05) is 0 Å². The molecule has 0 N–H and O–H groups in total. The van der Waals surface area contributed by atoms with Crippen LogP contribution in [0.5, 0.6) is 0 Å². The lowest BCUT2D eigenvalue weighted by Gasteiger charge is -2.04. The number of esters is 1. The average molecular weight is 358 g/mol. The molecule has 0 aliphatic heterocycles. The summed E-state index contributed by atoms with van der Waals surface area (Å²) in [6.07, 6.45) is 2.81. The van der Waals surface area contributed by atoms with Gasteiger partial charge in [0.1, 0.15) is 17.4 Å². The van der Waals surface area contributed by atoms with Crippen LogP contribution in [0.3, 0.4) is 0 Å². The van der Waals surface area contributed by atoms with E-state index in [2.05, 4.69) is 0 Å². The van der Waals surface area contributed by atoms with Crippen LogP contribution in [0.25, 0.3) is 6.08 Å². The predicted octanol–water partition coefficient (Wildman–Crippen LogP) is 3.95. The lowest BCUT2D eigenvalue weighted by Crippen LogP contribution is -2.06. The molecule has 0 bridgehead atoms. The van der Waals surface area contributed by atoms with E-state index in [0.717, 1.165) is 0 Å². The van der Waals surface area contributed by atoms with Crippen molar-refractivity contribution in [2.75, 3.05) is 6.61 Å². The summed E-state index contributed by atoms with van der Waals surface area (Å²) in [5, 5.41) is 20.4. The third kappa shape index (κ3) is 4.96. The number of carbonyl (C=O) groups is 1. The van der Waals surface area contributed by atoms with Crippen molar-refractivity contribution in [1.82, 2.24) is 0 Å². The van der Waals surface area contributed by atoms with E-state index in [1.165, 1.54) is 30.2 Å². The summed E-state index contributed by atoms with van der Waals surface area (Å²) in [5.41, 5.74) is 0.0530. The summed E-state index contributed by atoms with van der Waals surface area (Å²) in [7, 11) is 0. The standard InChI is InChI=1S/C17H14N2O5S/c1-2-23-17(20)13(10-18)8-12-5-6-16(15(9-12)19(21)22)25-11-14-4-3-7-24-14/h3-9H,2,11H2,1H3/b13-8-. The van der Waals surface area contributed by atoms with Gasteiger partial charge in [0.25, 0.3) is 5.69 Å². The van der Waals surface area contributed by atoms with Crippen molar-refractivity contribution in [3.63, 3.8) is 0 Å². The van der Waals surface area contributed by atoms with E-state index in [4.69, 9.17) is 14.4 Å². The van der Waals surface area contributed by atoms with E-state index in [9.17, 15) is 14.9 Å². The number of hydrogen-bond donors (Lipinski definition) is 0. The molecule has 7 nitrogen and oxygen atoms in total. The molecular weight excluding hydrogens is 344 g/mol. The molecule has 0 saturated carbocycles. The second kappa shape index (κ2) is 8.70. The van der Waals surface area contributed by atoms with Crippen LogP contribution in [0, 0.1) is 21.4 Å². The summed E-state index contributed by atoms with van der Waals surface area (Å²) < 4.78 is 9.98. The van der Waals surface area contributed by atoms with Crippen molar-refractivity contribution in [1.29, 1.82) is 5.26 Å². The molecule has 0 amide bonds. The third-order valence-electron chi connectivity index (χ3n) is 3.06. The number of nitriles is 1. The lowest BCUT2D eigenvalue weighted by atomic mass is 10.1. The summed E-state index contributed by atoms with van der Waals surface area (Å²) in [4.78, 5) is 22.9. The van der Waals surface area contributed by atoms with Gasteiger partial charge in [-0.2, -0.15) is 5.26 Å². The fourth-order valence-corrected chi connectivity index (χ4v) is 2.85. The Kier molecular flexibility index (Phi) is 6.37. The maximum Gasteiger partial charge on any atom is 0.348 e. The first-order valence-electron chi connectivity index (χ1n) is 7.27. The number of ether oxygens (including phenoxy) is 1. The molecule has 2 rings (SSSR count). The van der Waals surface area contributed by atoms with Crippen molar-refractivity contribution in [2.24, 2.45) is 0 Å². The van der Waals surface area contributed by atoms with E-state index >= 15 is 0 Å². The van der Waals surface area contributed by atoms with Gasteiger partial charge >= 0.3 is 5.97 Å². The summed E-state index contributed by atoms with van der Waals surface area (Å²) >= 11 is 1.27. The normalized spacial score (nSPS) is 11.0. The second-order valence-corrected chi connectivity index (χ2v) is 5.76. The van der Waals surface area contributed by atoms with Crippen LogP contribution in [0.4, 0.5) is 5.69 Å². The molecule has 0 unspecified atom stereocenters. The van der Waals surface area contributed by atoms with Crippen LogP contribution in [-0.4, -0.2) is 17.5 Å². The summed E-state index contributed by atoms with van der Waals surface area (Å²) in [6, 6.07) is 9.78. The van der Waals surface area contributed by atoms with Crippen LogP contribution >= 0.6 is 11.8 Å². The molecule has 0 aliphatic rings. The molecule has 2 aromatic rings. The van der Waals surface area contributed by atoms with Gasteiger partial charge < -0.3 is 9.15 Å². The average Bonchev–Trinajstić information content (AvgIpc) is 3.11. The first-order valence-corrected chi connectivity index (χ1v) is 8.26. The number of nitrogens with zero attached hydrogens (tertiary/aromatic N) is 2. The first kappa shape index (κ1) is 18.3. The Morgan fingerprint density at radius 2 is 2.28 bits per heavy atom. The Hall–Kier alpha value is -3.05. The van der Waals surface area contributed by atoms with Gasteiger partial charge in [0.2, 0.25) is 0 Å². The van der Waals surface area contributed by atoms with Crippen LogP contribution in [0.2, 0.25) is 0 Å². The number of nitro benzene ring substituents is 1. The van der Waals surface area contributed by atoms with Crippen molar-refractivity contribution < 1.29 is 18.9 Å². The van der Waals surface area contributed by atoms with Gasteiger partial charge in [0.05, 0.1) is 28.4 Å². The molecule has 0 fully saturated rings. The number of carbonyl (C=O) groups excluding carboxylic acids is 1. The maximum absolute atomic E-state index is 11.6. The SMILES string of the molecule is CCOC(=O)/C(C#N)=C\c1ccc(SCc2ccco2)c([N+](=O)[O-])c1. The Morgan fingerprint density at radius 1 is 1.48 bits per heavy atom. The number of benzene rings is 1. The fraction of sp³-hybridized carbons (Fsp3) is 0.176. The molecule has 0 spiro atoms. The minimum absolute atomic E-state index is 0.105. The number of nitro groups is 1. The molecule has 0 radical (unpaired) electrons. The molecule has 25 heavy (non-hydrogen) atoms. The van der Waals surface area contributed by atoms with Crippen molar-refractivity contribution in [3.05, 3.63) is 63.6 Å². The van der Waals surface area contributed by atoms with Gasteiger partial charge in [0, 0.05) is 6.07 Å². The molecule has 128 valence electrons. The highest BCUT2D eigenvalue weighted by atomic mass is 32.2. The van der Waals surface area contributed by atoms with Crippen LogP contribution < -0.4 is 0 Å². The van der Waals surface area contributed by atoms with Crippen LogP contribution in [-0.2, 0) is 15.3 Å². The Bertz CT molecular complexity index is 837. The van der Waals surface area contributed by atoms with Crippen LogP contribution in [0.1, 0.15) is 18.2 Å². The van der Waals surface area contributed by atoms with E-state index in [-0.39, 0.29) is 17.9 Å². The topological polar surface area (TPSA) is 106 Å².